The first kappa shape index (κ1) is 16.9. The highest BCUT2D eigenvalue weighted by molar-refractivity contribution is 5.29. The molecule has 0 aliphatic rings. The molecule has 0 saturated heterocycles. The number of methoxy groups -OCH3 is 1. The fourth-order valence-electron chi connectivity index (χ4n) is 1.67. The van der Waals surface area contributed by atoms with Crippen molar-refractivity contribution in [1.82, 2.24) is 5.32 Å². The van der Waals surface area contributed by atoms with Gasteiger partial charge < -0.3 is 19.5 Å². The summed E-state index contributed by atoms with van der Waals surface area (Å²) in [5.74, 6) is -0.0328. The molecule has 0 aromatic heterocycles. The molecule has 0 aliphatic carbocycles. The molecule has 1 N–H and O–H groups in total. The zero-order valence-electron chi connectivity index (χ0n) is 12.3. The maximum atomic E-state index is 13.8. The van der Waals surface area contributed by atoms with E-state index in [1.165, 1.54) is 6.07 Å². The van der Waals surface area contributed by atoms with E-state index >= 15 is 0 Å². The molecule has 0 saturated carbocycles. The van der Waals surface area contributed by atoms with E-state index in [0.717, 1.165) is 18.5 Å². The zero-order valence-corrected chi connectivity index (χ0v) is 12.3. The van der Waals surface area contributed by atoms with Gasteiger partial charge in [-0.25, -0.2) is 4.39 Å². The Labute approximate surface area is 120 Å². The van der Waals surface area contributed by atoms with Gasteiger partial charge in [0.15, 0.2) is 11.6 Å². The molecule has 0 radical (unpaired) electrons. The van der Waals surface area contributed by atoms with Crippen molar-refractivity contribution in [3.05, 3.63) is 29.6 Å². The maximum Gasteiger partial charge on any atom is 0.165 e. The normalized spacial score (nSPS) is 10.8. The highest BCUT2D eigenvalue weighted by Crippen LogP contribution is 2.18. The standard InChI is InChI=1S/C15H24FNO3/c1-3-19-8-4-9-20-15-6-5-13(11-14(15)16)12-17-7-10-18-2/h5-6,11,17H,3-4,7-10,12H2,1-2H3. The Hall–Kier alpha value is -1.17. The third-order valence-corrected chi connectivity index (χ3v) is 2.70. The van der Waals surface area contributed by atoms with Crippen LogP contribution in [0.5, 0.6) is 5.75 Å². The summed E-state index contributed by atoms with van der Waals surface area (Å²) in [6.07, 6.45) is 0.758. The molecule has 0 unspecified atom stereocenters. The molecule has 0 heterocycles. The lowest BCUT2D eigenvalue weighted by Crippen LogP contribution is -2.18. The van der Waals surface area contributed by atoms with E-state index in [9.17, 15) is 4.39 Å². The third-order valence-electron chi connectivity index (χ3n) is 2.70. The minimum atomic E-state index is -0.326. The van der Waals surface area contributed by atoms with Gasteiger partial charge in [0.1, 0.15) is 0 Å². The predicted molar refractivity (Wildman–Crippen MR) is 76.6 cm³/mol. The Bertz CT molecular complexity index is 374. The largest absolute Gasteiger partial charge is 0.490 e. The number of nitrogens with one attached hydrogen (secondary N) is 1. The van der Waals surface area contributed by atoms with Gasteiger partial charge in [0, 0.05) is 39.8 Å². The smallest absolute Gasteiger partial charge is 0.165 e. The third kappa shape index (κ3) is 6.84. The van der Waals surface area contributed by atoms with Crippen LogP contribution in [-0.4, -0.2) is 40.1 Å². The van der Waals surface area contributed by atoms with Crippen molar-refractivity contribution in [2.75, 3.05) is 40.1 Å². The fourth-order valence-corrected chi connectivity index (χ4v) is 1.67. The average Bonchev–Trinajstić information content (AvgIpc) is 2.45. The second-order valence-corrected chi connectivity index (χ2v) is 4.33. The molecule has 4 nitrogen and oxygen atoms in total. The van der Waals surface area contributed by atoms with Crippen LogP contribution in [-0.2, 0) is 16.0 Å². The van der Waals surface area contributed by atoms with E-state index in [-0.39, 0.29) is 5.82 Å². The van der Waals surface area contributed by atoms with Gasteiger partial charge in [0.2, 0.25) is 0 Å². The molecule has 0 fully saturated rings. The molecule has 0 amide bonds. The highest BCUT2D eigenvalue weighted by atomic mass is 19.1. The van der Waals surface area contributed by atoms with Crippen molar-refractivity contribution in [3.63, 3.8) is 0 Å². The van der Waals surface area contributed by atoms with E-state index in [0.29, 0.717) is 38.7 Å². The summed E-state index contributed by atoms with van der Waals surface area (Å²) >= 11 is 0. The average molecular weight is 285 g/mol. The molecule has 1 aromatic carbocycles. The first-order valence-corrected chi connectivity index (χ1v) is 6.96. The Kier molecular flexibility index (Phi) is 8.95. The minimum absolute atomic E-state index is 0.294. The summed E-state index contributed by atoms with van der Waals surface area (Å²) in [6.45, 7) is 5.74. The number of hydrogen-bond donors (Lipinski definition) is 1. The van der Waals surface area contributed by atoms with Gasteiger partial charge in [0.25, 0.3) is 0 Å². The Morgan fingerprint density at radius 2 is 2.05 bits per heavy atom. The number of benzene rings is 1. The summed E-state index contributed by atoms with van der Waals surface area (Å²) in [4.78, 5) is 0. The van der Waals surface area contributed by atoms with Crippen LogP contribution >= 0.6 is 0 Å². The van der Waals surface area contributed by atoms with Crippen LogP contribution in [0, 0.1) is 5.82 Å². The van der Waals surface area contributed by atoms with E-state index < -0.39 is 0 Å². The van der Waals surface area contributed by atoms with Crippen molar-refractivity contribution < 1.29 is 18.6 Å². The SMILES string of the molecule is CCOCCCOc1ccc(CNCCOC)cc1F. The number of ether oxygens (including phenoxy) is 3. The maximum absolute atomic E-state index is 13.8. The Balaban J connectivity index is 2.31. The fraction of sp³-hybridized carbons (Fsp3) is 0.600. The van der Waals surface area contributed by atoms with Crippen molar-refractivity contribution in [3.8, 4) is 5.75 Å². The summed E-state index contributed by atoms with van der Waals surface area (Å²) in [5.41, 5.74) is 0.889. The van der Waals surface area contributed by atoms with Crippen LogP contribution in [0.15, 0.2) is 18.2 Å². The van der Waals surface area contributed by atoms with E-state index in [1.807, 2.05) is 13.0 Å². The van der Waals surface area contributed by atoms with Crippen molar-refractivity contribution in [2.45, 2.75) is 19.9 Å². The van der Waals surface area contributed by atoms with Crippen LogP contribution in [0.1, 0.15) is 18.9 Å². The molecule has 20 heavy (non-hydrogen) atoms. The van der Waals surface area contributed by atoms with Crippen LogP contribution in [0.4, 0.5) is 4.39 Å². The van der Waals surface area contributed by atoms with Gasteiger partial charge in [-0.15, -0.1) is 0 Å². The van der Waals surface area contributed by atoms with Crippen LogP contribution in [0.2, 0.25) is 0 Å². The zero-order chi connectivity index (χ0) is 14.6. The van der Waals surface area contributed by atoms with Crippen LogP contribution in [0.25, 0.3) is 0 Å². The second-order valence-electron chi connectivity index (χ2n) is 4.33. The van der Waals surface area contributed by atoms with Gasteiger partial charge in [-0.05, 0) is 24.6 Å². The first-order valence-electron chi connectivity index (χ1n) is 6.96. The van der Waals surface area contributed by atoms with Crippen molar-refractivity contribution in [2.24, 2.45) is 0 Å². The lowest BCUT2D eigenvalue weighted by molar-refractivity contribution is 0.130. The molecule has 0 spiro atoms. The molecule has 114 valence electrons. The topological polar surface area (TPSA) is 39.7 Å². The lowest BCUT2D eigenvalue weighted by atomic mass is 10.2. The second kappa shape index (κ2) is 10.6. The first-order chi connectivity index (χ1) is 9.77. The van der Waals surface area contributed by atoms with Crippen LogP contribution in [0.3, 0.4) is 0 Å². The van der Waals surface area contributed by atoms with Gasteiger partial charge in [-0.3, -0.25) is 0 Å². The number of hydrogen-bond acceptors (Lipinski definition) is 4. The summed E-state index contributed by atoms with van der Waals surface area (Å²) in [5, 5.41) is 3.17. The van der Waals surface area contributed by atoms with Crippen molar-refractivity contribution >= 4 is 0 Å². The quantitative estimate of drug-likeness (QED) is 0.634. The van der Waals surface area contributed by atoms with Gasteiger partial charge in [-0.1, -0.05) is 6.07 Å². The minimum Gasteiger partial charge on any atom is -0.490 e. The Morgan fingerprint density at radius 1 is 1.20 bits per heavy atom. The molecule has 1 rings (SSSR count). The molecule has 0 atom stereocenters. The predicted octanol–water partition coefficient (Wildman–Crippen LogP) is 2.37. The summed E-state index contributed by atoms with van der Waals surface area (Å²) in [6, 6.07) is 5.03. The van der Waals surface area contributed by atoms with Crippen molar-refractivity contribution in [1.29, 1.82) is 0 Å². The summed E-state index contributed by atoms with van der Waals surface area (Å²) < 4.78 is 29.3. The highest BCUT2D eigenvalue weighted by Gasteiger charge is 2.04. The number of halogens is 1. The van der Waals surface area contributed by atoms with E-state index in [2.05, 4.69) is 5.32 Å². The monoisotopic (exact) mass is 285 g/mol. The molecular weight excluding hydrogens is 261 g/mol. The van der Waals surface area contributed by atoms with Crippen LogP contribution < -0.4 is 10.1 Å². The van der Waals surface area contributed by atoms with Gasteiger partial charge >= 0.3 is 0 Å². The van der Waals surface area contributed by atoms with Gasteiger partial charge in [0.05, 0.1) is 13.2 Å². The van der Waals surface area contributed by atoms with E-state index in [1.54, 1.807) is 13.2 Å². The molecule has 1 aromatic rings. The number of rotatable bonds is 11. The Morgan fingerprint density at radius 3 is 2.75 bits per heavy atom. The van der Waals surface area contributed by atoms with Gasteiger partial charge in [-0.2, -0.15) is 0 Å². The molecule has 0 bridgehead atoms. The summed E-state index contributed by atoms with van der Waals surface area (Å²) in [7, 11) is 1.65. The molecular formula is C15H24FNO3. The molecule has 5 heteroatoms. The molecule has 0 aliphatic heterocycles. The lowest BCUT2D eigenvalue weighted by Gasteiger charge is -2.09. The van der Waals surface area contributed by atoms with E-state index in [4.69, 9.17) is 14.2 Å².